The van der Waals surface area contributed by atoms with Crippen LogP contribution in [0.4, 0.5) is 0 Å². The highest BCUT2D eigenvalue weighted by atomic mass is 16.1. The van der Waals surface area contributed by atoms with Gasteiger partial charge in [-0.3, -0.25) is 4.79 Å². The Hall–Kier alpha value is -1.14. The van der Waals surface area contributed by atoms with Gasteiger partial charge in [-0.15, -0.1) is 0 Å². The number of nitriles is 1. The maximum absolute atomic E-state index is 11.1. The lowest BCUT2D eigenvalue weighted by Crippen LogP contribution is -2.29. The fraction of sp³-hybridized carbons (Fsp3) is 0.500. The molecule has 1 N–H and O–H groups in total. The molecule has 3 nitrogen and oxygen atoms in total. The van der Waals surface area contributed by atoms with Gasteiger partial charge in [-0.2, -0.15) is 5.26 Å². The number of hydrogen-bond acceptors (Lipinski definition) is 3. The molecular weight excluding hydrogens is 140 g/mol. The van der Waals surface area contributed by atoms with E-state index in [2.05, 4.69) is 5.32 Å². The van der Waals surface area contributed by atoms with E-state index in [1.54, 1.807) is 6.07 Å². The molecule has 0 bridgehead atoms. The minimum Gasteiger partial charge on any atom is -0.307 e. The lowest BCUT2D eigenvalue weighted by Gasteiger charge is -2.02. The monoisotopic (exact) mass is 150 g/mol. The predicted octanol–water partition coefficient (Wildman–Crippen LogP) is 0.387. The highest BCUT2D eigenvalue weighted by Crippen LogP contribution is 2.05. The van der Waals surface area contributed by atoms with E-state index in [-0.39, 0.29) is 11.8 Å². The van der Waals surface area contributed by atoms with E-state index in [4.69, 9.17) is 5.26 Å². The SMILES string of the molecule is N#CC=CC(=O)[C@@H]1CCCN1. The molecule has 0 amide bonds. The number of nitrogens with one attached hydrogen (secondary N) is 1. The topological polar surface area (TPSA) is 52.9 Å². The Balaban J connectivity index is 2.42. The van der Waals surface area contributed by atoms with Gasteiger partial charge in [-0.1, -0.05) is 0 Å². The van der Waals surface area contributed by atoms with Crippen LogP contribution in [0.2, 0.25) is 0 Å². The van der Waals surface area contributed by atoms with Crippen LogP contribution < -0.4 is 5.32 Å². The van der Waals surface area contributed by atoms with Crippen molar-refractivity contribution in [3.63, 3.8) is 0 Å². The molecule has 0 unspecified atom stereocenters. The molecule has 1 rings (SSSR count). The summed E-state index contributed by atoms with van der Waals surface area (Å²) >= 11 is 0. The second-order valence-corrected chi connectivity index (χ2v) is 2.51. The Bertz CT molecular complexity index is 209. The number of hydrogen-bond donors (Lipinski definition) is 1. The third kappa shape index (κ3) is 2.17. The first-order valence-corrected chi connectivity index (χ1v) is 3.68. The Labute approximate surface area is 65.7 Å². The molecule has 0 saturated carbocycles. The summed E-state index contributed by atoms with van der Waals surface area (Å²) in [5.74, 6) is 0.0176. The summed E-state index contributed by atoms with van der Waals surface area (Å²) in [6.07, 6.45) is 4.51. The summed E-state index contributed by atoms with van der Waals surface area (Å²) in [6, 6.07) is 1.75. The highest BCUT2D eigenvalue weighted by molar-refractivity contribution is 5.94. The second kappa shape index (κ2) is 3.89. The van der Waals surface area contributed by atoms with Crippen LogP contribution in [0.5, 0.6) is 0 Å². The predicted molar refractivity (Wildman–Crippen MR) is 40.8 cm³/mol. The van der Waals surface area contributed by atoms with Gasteiger partial charge in [0.15, 0.2) is 5.78 Å². The maximum Gasteiger partial charge on any atom is 0.173 e. The minimum absolute atomic E-state index is 0.0176. The van der Waals surface area contributed by atoms with Crippen LogP contribution in [0.25, 0.3) is 0 Å². The zero-order valence-electron chi connectivity index (χ0n) is 6.21. The number of nitrogens with zero attached hydrogens (tertiary/aromatic N) is 1. The molecule has 0 radical (unpaired) electrons. The van der Waals surface area contributed by atoms with Gasteiger partial charge in [-0.25, -0.2) is 0 Å². The summed E-state index contributed by atoms with van der Waals surface area (Å²) in [7, 11) is 0. The highest BCUT2D eigenvalue weighted by Gasteiger charge is 2.19. The quantitative estimate of drug-likeness (QED) is 0.457. The molecule has 1 fully saturated rings. The van der Waals surface area contributed by atoms with Crippen molar-refractivity contribution in [1.82, 2.24) is 5.32 Å². The van der Waals surface area contributed by atoms with Crippen molar-refractivity contribution in [3.8, 4) is 6.07 Å². The van der Waals surface area contributed by atoms with Crippen molar-refractivity contribution >= 4 is 5.78 Å². The lowest BCUT2D eigenvalue weighted by molar-refractivity contribution is -0.116. The number of ketones is 1. The molecule has 1 saturated heterocycles. The zero-order chi connectivity index (χ0) is 8.10. The number of allylic oxidation sites excluding steroid dienone is 1. The average molecular weight is 150 g/mol. The molecule has 0 aliphatic carbocycles. The molecule has 0 aromatic carbocycles. The molecule has 0 spiro atoms. The molecule has 58 valence electrons. The van der Waals surface area contributed by atoms with Crippen molar-refractivity contribution in [2.75, 3.05) is 6.54 Å². The smallest absolute Gasteiger partial charge is 0.173 e. The lowest BCUT2D eigenvalue weighted by atomic mass is 10.1. The molecular formula is C8H10N2O. The Kier molecular flexibility index (Phi) is 2.82. The third-order valence-corrected chi connectivity index (χ3v) is 1.73. The molecule has 1 aliphatic heterocycles. The average Bonchev–Trinajstić information content (AvgIpc) is 2.52. The van der Waals surface area contributed by atoms with Crippen molar-refractivity contribution in [3.05, 3.63) is 12.2 Å². The van der Waals surface area contributed by atoms with Crippen LogP contribution in [0.15, 0.2) is 12.2 Å². The van der Waals surface area contributed by atoms with Crippen LogP contribution in [0.1, 0.15) is 12.8 Å². The molecule has 0 aromatic rings. The second-order valence-electron chi connectivity index (χ2n) is 2.51. The van der Waals surface area contributed by atoms with Crippen LogP contribution in [0, 0.1) is 11.3 Å². The number of rotatable bonds is 2. The van der Waals surface area contributed by atoms with Gasteiger partial charge < -0.3 is 5.32 Å². The maximum atomic E-state index is 11.1. The van der Waals surface area contributed by atoms with Crippen LogP contribution in [-0.4, -0.2) is 18.4 Å². The van der Waals surface area contributed by atoms with Crippen molar-refractivity contribution < 1.29 is 4.79 Å². The molecule has 0 aromatic heterocycles. The number of carbonyl (C=O) groups is 1. The van der Waals surface area contributed by atoms with Gasteiger partial charge >= 0.3 is 0 Å². The van der Waals surface area contributed by atoms with Gasteiger partial charge in [0.1, 0.15) is 0 Å². The van der Waals surface area contributed by atoms with Crippen LogP contribution in [0.3, 0.4) is 0 Å². The largest absolute Gasteiger partial charge is 0.307 e. The van der Waals surface area contributed by atoms with Gasteiger partial charge in [0, 0.05) is 6.08 Å². The van der Waals surface area contributed by atoms with E-state index in [1.165, 1.54) is 12.2 Å². The Morgan fingerprint density at radius 3 is 3.09 bits per heavy atom. The number of carbonyl (C=O) groups excluding carboxylic acids is 1. The van der Waals surface area contributed by atoms with Crippen LogP contribution >= 0.6 is 0 Å². The molecule has 1 atom stereocenters. The van der Waals surface area contributed by atoms with E-state index >= 15 is 0 Å². The fourth-order valence-corrected chi connectivity index (χ4v) is 1.16. The van der Waals surface area contributed by atoms with Gasteiger partial charge in [0.05, 0.1) is 12.1 Å². The van der Waals surface area contributed by atoms with E-state index < -0.39 is 0 Å². The molecule has 1 aliphatic rings. The van der Waals surface area contributed by atoms with Crippen molar-refractivity contribution in [1.29, 1.82) is 5.26 Å². The summed E-state index contributed by atoms with van der Waals surface area (Å²) in [6.45, 7) is 0.913. The zero-order valence-corrected chi connectivity index (χ0v) is 6.21. The Morgan fingerprint density at radius 1 is 1.73 bits per heavy atom. The fourth-order valence-electron chi connectivity index (χ4n) is 1.16. The Morgan fingerprint density at radius 2 is 2.55 bits per heavy atom. The van der Waals surface area contributed by atoms with Crippen LogP contribution in [-0.2, 0) is 4.79 Å². The van der Waals surface area contributed by atoms with Gasteiger partial charge in [0.25, 0.3) is 0 Å². The van der Waals surface area contributed by atoms with Crippen molar-refractivity contribution in [2.45, 2.75) is 18.9 Å². The molecule has 1 heterocycles. The van der Waals surface area contributed by atoms with Crippen molar-refractivity contribution in [2.24, 2.45) is 0 Å². The van der Waals surface area contributed by atoms with E-state index in [1.807, 2.05) is 0 Å². The van der Waals surface area contributed by atoms with Gasteiger partial charge in [0.2, 0.25) is 0 Å². The molecule has 3 heteroatoms. The van der Waals surface area contributed by atoms with E-state index in [9.17, 15) is 4.79 Å². The standard InChI is InChI=1S/C8H10N2O/c9-5-1-4-8(11)7-3-2-6-10-7/h1,4,7,10H,2-3,6H2/t7-/m0/s1. The first-order chi connectivity index (χ1) is 5.34. The van der Waals surface area contributed by atoms with E-state index in [0.29, 0.717) is 0 Å². The minimum atomic E-state index is -0.0420. The van der Waals surface area contributed by atoms with E-state index in [0.717, 1.165) is 19.4 Å². The molecule has 11 heavy (non-hydrogen) atoms. The normalized spacial score (nSPS) is 23.7. The summed E-state index contributed by atoms with van der Waals surface area (Å²) < 4.78 is 0. The third-order valence-electron chi connectivity index (χ3n) is 1.73. The first-order valence-electron chi connectivity index (χ1n) is 3.68. The summed E-state index contributed by atoms with van der Waals surface area (Å²) in [4.78, 5) is 11.1. The van der Waals surface area contributed by atoms with Gasteiger partial charge in [-0.05, 0) is 25.5 Å². The first kappa shape index (κ1) is 7.96. The summed E-state index contributed by atoms with van der Waals surface area (Å²) in [5, 5.41) is 11.2. The summed E-state index contributed by atoms with van der Waals surface area (Å²) in [5.41, 5.74) is 0.